The first-order chi connectivity index (χ1) is 8.65. The van der Waals surface area contributed by atoms with Gasteiger partial charge in [0.15, 0.2) is 5.82 Å². The number of aliphatic hydroxyl groups is 1. The highest BCUT2D eigenvalue weighted by Gasteiger charge is 2.23. The summed E-state index contributed by atoms with van der Waals surface area (Å²) >= 11 is 0. The molecule has 0 radical (unpaired) electrons. The van der Waals surface area contributed by atoms with Crippen molar-refractivity contribution in [3.63, 3.8) is 0 Å². The topological polar surface area (TPSA) is 64.1 Å². The van der Waals surface area contributed by atoms with Crippen molar-refractivity contribution in [1.29, 1.82) is 0 Å². The summed E-state index contributed by atoms with van der Waals surface area (Å²) in [6.45, 7) is 4.46. The quantitative estimate of drug-likeness (QED) is 0.880. The molecule has 1 N–H and O–H groups in total. The van der Waals surface area contributed by atoms with Crippen LogP contribution >= 0.6 is 0 Å². The molecule has 1 unspecified atom stereocenters. The zero-order valence-corrected chi connectivity index (χ0v) is 10.7. The molecule has 1 aliphatic carbocycles. The molecule has 1 aliphatic rings. The Labute approximate surface area is 105 Å². The van der Waals surface area contributed by atoms with E-state index in [4.69, 9.17) is 4.52 Å². The summed E-state index contributed by atoms with van der Waals surface area (Å²) in [7, 11) is 0. The van der Waals surface area contributed by atoms with Crippen molar-refractivity contribution < 1.29 is 9.63 Å². The van der Waals surface area contributed by atoms with Crippen molar-refractivity contribution >= 4 is 0 Å². The van der Waals surface area contributed by atoms with Crippen LogP contribution in [0.1, 0.15) is 47.6 Å². The fourth-order valence-electron chi connectivity index (χ4n) is 2.71. The van der Waals surface area contributed by atoms with Crippen LogP contribution in [0.15, 0.2) is 10.6 Å². The van der Waals surface area contributed by atoms with Crippen LogP contribution in [0, 0.1) is 13.8 Å². The summed E-state index contributed by atoms with van der Waals surface area (Å²) in [6, 6.07) is 2.08. The molecule has 0 fully saturated rings. The van der Waals surface area contributed by atoms with E-state index in [0.717, 1.165) is 30.5 Å². The zero-order chi connectivity index (χ0) is 12.7. The maximum absolute atomic E-state index is 10.0. The normalized spacial score (nSPS) is 18.9. The van der Waals surface area contributed by atoms with Gasteiger partial charge in [0.25, 0.3) is 0 Å². The van der Waals surface area contributed by atoms with Gasteiger partial charge >= 0.3 is 0 Å². The van der Waals surface area contributed by atoms with Gasteiger partial charge in [-0.05, 0) is 32.3 Å². The molecule has 5 heteroatoms. The van der Waals surface area contributed by atoms with Crippen LogP contribution in [-0.2, 0) is 13.0 Å². The molecule has 0 saturated carbocycles. The molecule has 0 saturated heterocycles. The van der Waals surface area contributed by atoms with E-state index in [1.807, 2.05) is 0 Å². The van der Waals surface area contributed by atoms with Crippen molar-refractivity contribution in [2.75, 3.05) is 0 Å². The van der Waals surface area contributed by atoms with Crippen molar-refractivity contribution in [1.82, 2.24) is 14.7 Å². The number of aliphatic hydroxyl groups excluding tert-OH is 1. The van der Waals surface area contributed by atoms with Gasteiger partial charge in [-0.25, -0.2) is 0 Å². The minimum atomic E-state index is -0.319. The van der Waals surface area contributed by atoms with Gasteiger partial charge in [-0.2, -0.15) is 4.98 Å². The van der Waals surface area contributed by atoms with E-state index in [0.29, 0.717) is 18.3 Å². The fourth-order valence-corrected chi connectivity index (χ4v) is 2.71. The molecule has 18 heavy (non-hydrogen) atoms. The first kappa shape index (κ1) is 11.5. The Kier molecular flexibility index (Phi) is 2.70. The molecule has 2 heterocycles. The van der Waals surface area contributed by atoms with Crippen molar-refractivity contribution in [3.05, 3.63) is 34.7 Å². The third kappa shape index (κ3) is 1.84. The standard InChI is InChI=1S/C13H17N3O2/c1-8-6-10-11(4-3-5-12(10)17)16(8)7-13-14-9(2)18-15-13/h6,12,17H,3-5,7H2,1-2H3. The number of nitrogens with zero attached hydrogens (tertiary/aromatic N) is 3. The van der Waals surface area contributed by atoms with Crippen molar-refractivity contribution in [2.24, 2.45) is 0 Å². The number of aryl methyl sites for hydroxylation is 2. The molecule has 5 nitrogen and oxygen atoms in total. The van der Waals surface area contributed by atoms with Crippen molar-refractivity contribution in [2.45, 2.75) is 45.8 Å². The Morgan fingerprint density at radius 2 is 2.33 bits per heavy atom. The van der Waals surface area contributed by atoms with E-state index in [9.17, 15) is 5.11 Å². The molecule has 96 valence electrons. The molecule has 2 aromatic heterocycles. The van der Waals surface area contributed by atoms with Crippen LogP contribution in [0.25, 0.3) is 0 Å². The first-order valence-electron chi connectivity index (χ1n) is 6.31. The second kappa shape index (κ2) is 4.24. The summed E-state index contributed by atoms with van der Waals surface area (Å²) in [6.07, 6.45) is 2.58. The highest BCUT2D eigenvalue weighted by atomic mass is 16.5. The van der Waals surface area contributed by atoms with Crippen LogP contribution in [0.2, 0.25) is 0 Å². The van der Waals surface area contributed by atoms with E-state index in [-0.39, 0.29) is 6.10 Å². The SMILES string of the molecule is Cc1nc(Cn2c(C)cc3c2CCCC3O)no1. The van der Waals surface area contributed by atoms with Gasteiger partial charge in [0.2, 0.25) is 5.89 Å². The van der Waals surface area contributed by atoms with Gasteiger partial charge in [0.1, 0.15) is 0 Å². The Hall–Kier alpha value is -1.62. The highest BCUT2D eigenvalue weighted by molar-refractivity contribution is 5.32. The Morgan fingerprint density at radius 3 is 3.06 bits per heavy atom. The summed E-state index contributed by atoms with van der Waals surface area (Å²) in [4.78, 5) is 4.23. The maximum atomic E-state index is 10.0. The van der Waals surface area contributed by atoms with Crippen LogP contribution in [0.5, 0.6) is 0 Å². The molecular weight excluding hydrogens is 230 g/mol. The zero-order valence-electron chi connectivity index (χ0n) is 10.7. The smallest absolute Gasteiger partial charge is 0.223 e. The van der Waals surface area contributed by atoms with Crippen molar-refractivity contribution in [3.8, 4) is 0 Å². The maximum Gasteiger partial charge on any atom is 0.223 e. The third-order valence-corrected chi connectivity index (χ3v) is 3.57. The second-order valence-corrected chi connectivity index (χ2v) is 4.91. The lowest BCUT2D eigenvalue weighted by Crippen LogP contribution is -2.13. The molecule has 0 aromatic carbocycles. The van der Waals surface area contributed by atoms with Gasteiger partial charge in [-0.1, -0.05) is 5.16 Å². The predicted molar refractivity (Wildman–Crippen MR) is 65.2 cm³/mol. The van der Waals surface area contributed by atoms with Gasteiger partial charge in [-0.15, -0.1) is 0 Å². The molecule has 0 bridgehead atoms. The summed E-state index contributed by atoms with van der Waals surface area (Å²) in [5.74, 6) is 1.28. The van der Waals surface area contributed by atoms with Gasteiger partial charge in [-0.3, -0.25) is 0 Å². The van der Waals surface area contributed by atoms with E-state index >= 15 is 0 Å². The molecule has 0 spiro atoms. The molecule has 0 amide bonds. The van der Waals surface area contributed by atoms with Crippen LogP contribution in [-0.4, -0.2) is 19.8 Å². The summed E-state index contributed by atoms with van der Waals surface area (Å²) < 4.78 is 7.18. The molecule has 3 rings (SSSR count). The lowest BCUT2D eigenvalue weighted by Gasteiger charge is -2.19. The van der Waals surface area contributed by atoms with Crippen LogP contribution < -0.4 is 0 Å². The van der Waals surface area contributed by atoms with Gasteiger partial charge in [0.05, 0.1) is 12.6 Å². The fraction of sp³-hybridized carbons (Fsp3) is 0.538. The van der Waals surface area contributed by atoms with Gasteiger partial charge in [0, 0.05) is 23.9 Å². The van der Waals surface area contributed by atoms with Crippen LogP contribution in [0.4, 0.5) is 0 Å². The average Bonchev–Trinajstić information content (AvgIpc) is 2.87. The van der Waals surface area contributed by atoms with E-state index in [1.165, 1.54) is 5.69 Å². The van der Waals surface area contributed by atoms with E-state index in [2.05, 4.69) is 27.7 Å². The lowest BCUT2D eigenvalue weighted by molar-refractivity contribution is 0.155. The largest absolute Gasteiger partial charge is 0.388 e. The average molecular weight is 247 g/mol. The Morgan fingerprint density at radius 1 is 1.50 bits per heavy atom. The number of rotatable bonds is 2. The van der Waals surface area contributed by atoms with E-state index in [1.54, 1.807) is 6.92 Å². The molecule has 1 atom stereocenters. The summed E-state index contributed by atoms with van der Waals surface area (Å²) in [5, 5.41) is 13.9. The number of fused-ring (bicyclic) bond motifs is 1. The molecule has 2 aromatic rings. The Balaban J connectivity index is 1.97. The Bertz CT molecular complexity index is 571. The minimum Gasteiger partial charge on any atom is -0.388 e. The third-order valence-electron chi connectivity index (χ3n) is 3.57. The minimum absolute atomic E-state index is 0.319. The number of aromatic nitrogens is 3. The number of hydrogen-bond donors (Lipinski definition) is 1. The number of hydrogen-bond acceptors (Lipinski definition) is 4. The van der Waals surface area contributed by atoms with Gasteiger partial charge < -0.3 is 14.2 Å². The van der Waals surface area contributed by atoms with Crippen LogP contribution in [0.3, 0.4) is 0 Å². The van der Waals surface area contributed by atoms with E-state index < -0.39 is 0 Å². The monoisotopic (exact) mass is 247 g/mol. The lowest BCUT2D eigenvalue weighted by atomic mass is 9.95. The predicted octanol–water partition coefficient (Wildman–Crippen LogP) is 1.91. The second-order valence-electron chi connectivity index (χ2n) is 4.91. The molecule has 0 aliphatic heterocycles. The molecular formula is C13H17N3O2. The highest BCUT2D eigenvalue weighted by Crippen LogP contribution is 2.32. The summed E-state index contributed by atoms with van der Waals surface area (Å²) in [5.41, 5.74) is 3.43. The first-order valence-corrected chi connectivity index (χ1v) is 6.31.